The first-order chi connectivity index (χ1) is 15.0. The third-order valence-corrected chi connectivity index (χ3v) is 5.65. The maximum absolute atomic E-state index is 12.6. The second kappa shape index (κ2) is 9.36. The molecule has 2 aromatic heterocycles. The van der Waals surface area contributed by atoms with Crippen molar-refractivity contribution in [2.75, 3.05) is 13.1 Å². The van der Waals surface area contributed by atoms with Crippen molar-refractivity contribution in [3.05, 3.63) is 76.8 Å². The van der Waals surface area contributed by atoms with E-state index < -0.39 is 11.1 Å². The molecule has 4 aromatic rings. The van der Waals surface area contributed by atoms with Crippen molar-refractivity contribution in [2.24, 2.45) is 5.73 Å². The minimum absolute atomic E-state index is 0.218. The predicted molar refractivity (Wildman–Crippen MR) is 121 cm³/mol. The lowest BCUT2D eigenvalue weighted by Crippen LogP contribution is -2.17. The molecule has 2 aromatic carbocycles. The molecule has 0 radical (unpaired) electrons. The first-order valence-corrected chi connectivity index (χ1v) is 11.0. The van der Waals surface area contributed by atoms with Crippen molar-refractivity contribution in [2.45, 2.75) is 17.9 Å². The van der Waals surface area contributed by atoms with E-state index >= 15 is 0 Å². The molecule has 0 aliphatic carbocycles. The average Bonchev–Trinajstić information content (AvgIpc) is 3.19. The number of nitrogens with two attached hydrogens (primary N) is 1. The first kappa shape index (κ1) is 21.1. The molecule has 0 saturated carbocycles. The van der Waals surface area contributed by atoms with Gasteiger partial charge in [-0.2, -0.15) is 0 Å². The van der Waals surface area contributed by atoms with Gasteiger partial charge in [-0.1, -0.05) is 36.4 Å². The van der Waals surface area contributed by atoms with Crippen molar-refractivity contribution in [1.82, 2.24) is 19.7 Å². The van der Waals surface area contributed by atoms with Gasteiger partial charge in [0.05, 0.1) is 16.2 Å². The molecule has 0 spiro atoms. The number of aromatic amines is 1. The molecule has 0 fully saturated rings. The molecule has 1 unspecified atom stereocenters. The molecule has 0 bridgehead atoms. The Kier molecular flexibility index (Phi) is 6.38. The summed E-state index contributed by atoms with van der Waals surface area (Å²) in [6.07, 6.45) is 4.51. The lowest BCUT2D eigenvalue weighted by atomic mass is 10.1. The number of aromatic nitrogens is 3. The third kappa shape index (κ3) is 4.80. The van der Waals surface area contributed by atoms with E-state index in [9.17, 15) is 9.00 Å². The average molecular weight is 438 g/mol. The van der Waals surface area contributed by atoms with Crippen molar-refractivity contribution in [1.29, 1.82) is 0 Å². The van der Waals surface area contributed by atoms with Gasteiger partial charge >= 0.3 is 0 Å². The Bertz CT molecular complexity index is 1260. The summed E-state index contributed by atoms with van der Waals surface area (Å²) in [7, 11) is 0. The highest BCUT2D eigenvalue weighted by atomic mass is 32.2. The van der Waals surface area contributed by atoms with Crippen molar-refractivity contribution >= 4 is 16.9 Å². The van der Waals surface area contributed by atoms with E-state index in [2.05, 4.69) is 15.3 Å². The van der Waals surface area contributed by atoms with E-state index in [1.165, 1.54) is 0 Å². The Morgan fingerprint density at radius 1 is 1.06 bits per heavy atom. The summed E-state index contributed by atoms with van der Waals surface area (Å²) >= 11 is -2.02. The summed E-state index contributed by atoms with van der Waals surface area (Å²) in [5.41, 5.74) is 9.22. The fourth-order valence-corrected chi connectivity index (χ4v) is 3.67. The van der Waals surface area contributed by atoms with E-state index in [-0.39, 0.29) is 5.56 Å². The Hall–Kier alpha value is -3.11. The van der Waals surface area contributed by atoms with Gasteiger partial charge in [0.25, 0.3) is 5.56 Å². The van der Waals surface area contributed by atoms with Crippen LogP contribution in [0.15, 0.2) is 70.6 Å². The number of nitrogens with zero attached hydrogens (tertiary/aromatic N) is 2. The number of hydrogen-bond acceptors (Lipinski definition) is 5. The zero-order chi connectivity index (χ0) is 21.8. The Balaban J connectivity index is 1.59. The fourth-order valence-electron chi connectivity index (χ4n) is 3.30. The van der Waals surface area contributed by atoms with Crippen molar-refractivity contribution in [3.63, 3.8) is 0 Å². The number of hydrogen-bond donors (Lipinski definition) is 4. The largest absolute Gasteiger partial charge is 0.330 e. The van der Waals surface area contributed by atoms with Crippen LogP contribution in [0.4, 0.5) is 0 Å². The summed E-state index contributed by atoms with van der Waals surface area (Å²) in [5, 5.41) is 3.33. The van der Waals surface area contributed by atoms with Gasteiger partial charge in [-0.25, -0.2) is 9.19 Å². The first-order valence-electron chi connectivity index (χ1n) is 9.88. The molecular formula is C22H23N5O3S. The summed E-state index contributed by atoms with van der Waals surface area (Å²) in [6, 6.07) is 14.5. The maximum atomic E-state index is 12.6. The van der Waals surface area contributed by atoms with Crippen molar-refractivity contribution < 1.29 is 8.76 Å². The molecule has 0 aliphatic rings. The van der Waals surface area contributed by atoms with Gasteiger partial charge in [0.2, 0.25) is 5.78 Å². The van der Waals surface area contributed by atoms with Crippen LogP contribution in [0.2, 0.25) is 0 Å². The van der Waals surface area contributed by atoms with Crippen molar-refractivity contribution in [3.8, 4) is 22.4 Å². The molecule has 8 nitrogen and oxygen atoms in total. The summed E-state index contributed by atoms with van der Waals surface area (Å²) in [5.74, 6) is 0.430. The van der Waals surface area contributed by atoms with E-state index in [0.717, 1.165) is 36.2 Å². The number of fused-ring (bicyclic) bond motifs is 1. The van der Waals surface area contributed by atoms with Crippen LogP contribution in [-0.4, -0.2) is 36.2 Å². The topological polar surface area (TPSA) is 126 Å². The zero-order valence-corrected chi connectivity index (χ0v) is 17.6. The van der Waals surface area contributed by atoms with Gasteiger partial charge in [0.1, 0.15) is 0 Å². The van der Waals surface area contributed by atoms with Crippen LogP contribution in [0.5, 0.6) is 0 Å². The fraction of sp³-hybridized carbons (Fsp3) is 0.182. The van der Waals surface area contributed by atoms with Gasteiger partial charge < -0.3 is 15.6 Å². The van der Waals surface area contributed by atoms with Crippen LogP contribution in [0.1, 0.15) is 12.0 Å². The van der Waals surface area contributed by atoms with Crippen LogP contribution in [0, 0.1) is 0 Å². The SMILES string of the molecule is NCCCNCc1ccc(-c2cn3cc(-c4ccc(S(=O)O)cc4)nc3[nH]c2=O)cc1. The highest BCUT2D eigenvalue weighted by molar-refractivity contribution is 7.79. The smallest absolute Gasteiger partial charge is 0.260 e. The second-order valence-electron chi connectivity index (χ2n) is 7.14. The molecule has 1 atom stereocenters. The highest BCUT2D eigenvalue weighted by Gasteiger charge is 2.10. The molecular weight excluding hydrogens is 414 g/mol. The quantitative estimate of drug-likeness (QED) is 0.248. The minimum atomic E-state index is -2.02. The number of nitrogens with one attached hydrogen (secondary N) is 2. The van der Waals surface area contributed by atoms with Crippen LogP contribution in [0.25, 0.3) is 28.2 Å². The van der Waals surface area contributed by atoms with Crippen LogP contribution < -0.4 is 16.6 Å². The van der Waals surface area contributed by atoms with Crippen LogP contribution in [0.3, 0.4) is 0 Å². The normalized spacial score (nSPS) is 12.3. The van der Waals surface area contributed by atoms with Crippen LogP contribution >= 0.6 is 0 Å². The molecule has 9 heteroatoms. The Morgan fingerprint density at radius 3 is 2.45 bits per heavy atom. The Labute approximate surface area is 181 Å². The lowest BCUT2D eigenvalue weighted by Gasteiger charge is -2.06. The number of benzene rings is 2. The second-order valence-corrected chi connectivity index (χ2v) is 8.11. The third-order valence-electron chi connectivity index (χ3n) is 4.97. The van der Waals surface area contributed by atoms with E-state index in [1.54, 1.807) is 34.9 Å². The van der Waals surface area contributed by atoms with Crippen LogP contribution in [-0.2, 0) is 17.6 Å². The highest BCUT2D eigenvalue weighted by Crippen LogP contribution is 2.22. The summed E-state index contributed by atoms with van der Waals surface area (Å²) in [4.78, 5) is 20.2. The molecule has 5 N–H and O–H groups in total. The molecule has 0 aliphatic heterocycles. The van der Waals surface area contributed by atoms with Gasteiger partial charge in [0.15, 0.2) is 11.1 Å². The molecule has 160 valence electrons. The number of H-pyrrole nitrogens is 1. The minimum Gasteiger partial charge on any atom is -0.330 e. The molecule has 0 saturated heterocycles. The number of rotatable bonds is 8. The summed E-state index contributed by atoms with van der Waals surface area (Å²) < 4.78 is 22.1. The van der Waals surface area contributed by atoms with E-state index in [4.69, 9.17) is 10.3 Å². The molecule has 4 rings (SSSR count). The summed E-state index contributed by atoms with van der Waals surface area (Å²) in [6.45, 7) is 2.30. The standard InChI is InChI=1S/C22H23N5O3S/c23-10-1-11-24-12-15-2-4-16(5-3-15)19-13-27-14-20(25-22(27)26-21(19)28)17-6-8-18(9-7-17)31(29)30/h2-9,13-14,24H,1,10-12,23H2,(H,29,30)(H,25,26,28). The monoisotopic (exact) mass is 437 g/mol. The van der Waals surface area contributed by atoms with Gasteiger partial charge in [-0.15, -0.1) is 0 Å². The Morgan fingerprint density at radius 2 is 1.77 bits per heavy atom. The molecule has 2 heterocycles. The maximum Gasteiger partial charge on any atom is 0.260 e. The lowest BCUT2D eigenvalue weighted by molar-refractivity contribution is 0.564. The molecule has 31 heavy (non-hydrogen) atoms. The van der Waals surface area contributed by atoms with Gasteiger partial charge in [-0.05, 0) is 42.8 Å². The van der Waals surface area contributed by atoms with E-state index in [0.29, 0.717) is 28.5 Å². The van der Waals surface area contributed by atoms with E-state index in [1.807, 2.05) is 30.5 Å². The predicted octanol–water partition coefficient (Wildman–Crippen LogP) is 2.38. The van der Waals surface area contributed by atoms with Gasteiger partial charge in [-0.3, -0.25) is 14.2 Å². The zero-order valence-electron chi connectivity index (χ0n) is 16.7. The van der Waals surface area contributed by atoms with Gasteiger partial charge in [0, 0.05) is 24.5 Å². The number of imidazole rings is 1. The molecule has 0 amide bonds.